The molecule has 0 spiro atoms. The van der Waals surface area contributed by atoms with E-state index in [0.717, 1.165) is 26.4 Å². The summed E-state index contributed by atoms with van der Waals surface area (Å²) in [6.07, 6.45) is 0.311. The molecule has 4 aromatic rings. The highest BCUT2D eigenvalue weighted by molar-refractivity contribution is 7.21. The lowest BCUT2D eigenvalue weighted by molar-refractivity contribution is -0.197. The first-order valence-corrected chi connectivity index (χ1v) is 14.5. The quantitative estimate of drug-likeness (QED) is 0.176. The number of imide groups is 1. The van der Waals surface area contributed by atoms with E-state index in [1.807, 2.05) is 71.0 Å². The first kappa shape index (κ1) is 31.1. The van der Waals surface area contributed by atoms with E-state index in [4.69, 9.17) is 9.82 Å². The summed E-state index contributed by atoms with van der Waals surface area (Å²) in [5, 5.41) is 20.0. The van der Waals surface area contributed by atoms with Crippen LogP contribution in [0.15, 0.2) is 70.9 Å². The summed E-state index contributed by atoms with van der Waals surface area (Å²) < 4.78 is 1.14. The third kappa shape index (κ3) is 7.82. The van der Waals surface area contributed by atoms with Crippen LogP contribution in [0.3, 0.4) is 0 Å². The standard InChI is InChI=1S/C27H22N4O5S.2C2H6/c1-16-3-2-4-22-26(16)28-27(37-22)18-7-9-19(10-8-18)29-30-20-15-17(5-11-21(20)32)6-14-25(35)36-31-23(33)12-13-24(31)34;2*1-2/h2-5,7-11,15,32H,6,12-14H2,1H3;2*1-2H3. The lowest BCUT2D eigenvalue weighted by Gasteiger charge is -2.12. The maximum Gasteiger partial charge on any atom is 0.333 e. The second-order valence-electron chi connectivity index (χ2n) is 8.56. The second-order valence-corrected chi connectivity index (χ2v) is 9.59. The fourth-order valence-electron chi connectivity index (χ4n) is 3.85. The van der Waals surface area contributed by atoms with Gasteiger partial charge in [0.2, 0.25) is 0 Å². The van der Waals surface area contributed by atoms with Gasteiger partial charge in [-0.1, -0.05) is 45.9 Å². The van der Waals surface area contributed by atoms with E-state index in [1.54, 1.807) is 23.5 Å². The molecule has 1 saturated heterocycles. The second kappa shape index (κ2) is 14.8. The zero-order chi connectivity index (χ0) is 29.9. The minimum atomic E-state index is -0.691. The van der Waals surface area contributed by atoms with E-state index in [0.29, 0.717) is 16.3 Å². The average Bonchev–Trinajstić information content (AvgIpc) is 3.58. The number of nitrogens with zero attached hydrogens (tertiary/aromatic N) is 4. The van der Waals surface area contributed by atoms with Crippen molar-refractivity contribution in [3.63, 3.8) is 0 Å². The molecule has 41 heavy (non-hydrogen) atoms. The van der Waals surface area contributed by atoms with Crippen LogP contribution in [0, 0.1) is 6.92 Å². The predicted molar refractivity (Wildman–Crippen MR) is 160 cm³/mol. The number of azo groups is 1. The number of para-hydroxylation sites is 1. The molecule has 1 aliphatic heterocycles. The van der Waals surface area contributed by atoms with E-state index in [2.05, 4.69) is 16.3 Å². The molecular weight excluding hydrogens is 540 g/mol. The van der Waals surface area contributed by atoms with Crippen LogP contribution >= 0.6 is 11.3 Å². The van der Waals surface area contributed by atoms with Gasteiger partial charge in [-0.2, -0.15) is 5.11 Å². The number of aromatic nitrogens is 1. The Hall–Kier alpha value is -4.44. The topological polar surface area (TPSA) is 122 Å². The van der Waals surface area contributed by atoms with E-state index >= 15 is 0 Å². The molecular formula is C31H34N4O5S. The third-order valence-electron chi connectivity index (χ3n) is 5.86. The summed E-state index contributed by atoms with van der Waals surface area (Å²) in [5.74, 6) is -1.78. The number of phenolic OH excluding ortho intramolecular Hbond substituents is 1. The van der Waals surface area contributed by atoms with Crippen LogP contribution in [0.2, 0.25) is 0 Å². The van der Waals surface area contributed by atoms with Gasteiger partial charge in [-0.05, 0) is 66.9 Å². The highest BCUT2D eigenvalue weighted by Crippen LogP contribution is 2.33. The number of hydrogen-bond acceptors (Lipinski definition) is 9. The zero-order valence-corrected chi connectivity index (χ0v) is 24.7. The normalized spacial score (nSPS) is 12.7. The van der Waals surface area contributed by atoms with Crippen molar-refractivity contribution in [3.05, 3.63) is 71.8 Å². The Balaban J connectivity index is 0.00000111. The van der Waals surface area contributed by atoms with Gasteiger partial charge >= 0.3 is 5.97 Å². The number of thiazole rings is 1. The molecule has 3 aromatic carbocycles. The Morgan fingerprint density at radius 3 is 2.32 bits per heavy atom. The van der Waals surface area contributed by atoms with Crippen molar-refractivity contribution in [2.45, 2.75) is 60.3 Å². The van der Waals surface area contributed by atoms with Gasteiger partial charge < -0.3 is 9.94 Å². The first-order chi connectivity index (χ1) is 19.9. The van der Waals surface area contributed by atoms with Crippen molar-refractivity contribution in [2.24, 2.45) is 10.2 Å². The van der Waals surface area contributed by atoms with Crippen molar-refractivity contribution in [1.29, 1.82) is 0 Å². The largest absolute Gasteiger partial charge is 0.506 e. The third-order valence-corrected chi connectivity index (χ3v) is 6.93. The molecule has 1 N–H and O–H groups in total. The van der Waals surface area contributed by atoms with Gasteiger partial charge in [-0.3, -0.25) is 9.59 Å². The van der Waals surface area contributed by atoms with Crippen LogP contribution in [-0.4, -0.2) is 32.9 Å². The van der Waals surface area contributed by atoms with E-state index < -0.39 is 17.8 Å². The van der Waals surface area contributed by atoms with E-state index in [1.165, 1.54) is 6.07 Å². The van der Waals surface area contributed by atoms with Crippen molar-refractivity contribution < 1.29 is 24.3 Å². The van der Waals surface area contributed by atoms with Crippen molar-refractivity contribution in [3.8, 4) is 16.3 Å². The molecule has 0 unspecified atom stereocenters. The molecule has 2 heterocycles. The monoisotopic (exact) mass is 574 g/mol. The molecule has 1 fully saturated rings. The van der Waals surface area contributed by atoms with Gasteiger partial charge in [0.25, 0.3) is 11.8 Å². The Kier molecular flexibility index (Phi) is 11.2. The Labute approximate surface area is 243 Å². The number of rotatable bonds is 7. The Morgan fingerprint density at radius 1 is 0.976 bits per heavy atom. The summed E-state index contributed by atoms with van der Waals surface area (Å²) in [6.45, 7) is 10.0. The summed E-state index contributed by atoms with van der Waals surface area (Å²) >= 11 is 1.63. The number of hydroxylamine groups is 2. The fraction of sp³-hybridized carbons (Fsp3) is 0.290. The van der Waals surface area contributed by atoms with Gasteiger partial charge in [0, 0.05) is 18.4 Å². The van der Waals surface area contributed by atoms with Gasteiger partial charge in [-0.15, -0.1) is 21.5 Å². The van der Waals surface area contributed by atoms with Crippen LogP contribution in [0.25, 0.3) is 20.8 Å². The number of benzene rings is 3. The van der Waals surface area contributed by atoms with Crippen molar-refractivity contribution in [1.82, 2.24) is 10.0 Å². The van der Waals surface area contributed by atoms with Gasteiger partial charge in [0.1, 0.15) is 16.4 Å². The number of hydrogen-bond donors (Lipinski definition) is 1. The maximum atomic E-state index is 12.1. The van der Waals surface area contributed by atoms with Crippen LogP contribution in [-0.2, 0) is 25.6 Å². The number of carbonyl (C=O) groups excluding carboxylic acids is 3. The van der Waals surface area contributed by atoms with Crippen LogP contribution in [0.5, 0.6) is 5.75 Å². The fourth-order valence-corrected chi connectivity index (χ4v) is 4.90. The van der Waals surface area contributed by atoms with Crippen molar-refractivity contribution >= 4 is 50.7 Å². The molecule has 214 valence electrons. The molecule has 0 aliphatic carbocycles. The Bertz CT molecular complexity index is 1530. The molecule has 1 aromatic heterocycles. The SMILES string of the molecule is CC.CC.Cc1cccc2sc(-c3ccc(N=Nc4cc(CCC(=O)ON5C(=O)CCC5=O)ccc4O)cc3)nc12. The predicted octanol–water partition coefficient (Wildman–Crippen LogP) is 7.98. The van der Waals surface area contributed by atoms with Gasteiger partial charge in [0.15, 0.2) is 0 Å². The molecule has 0 saturated carbocycles. The number of aryl methyl sites for hydroxylation is 2. The van der Waals surface area contributed by atoms with E-state index in [9.17, 15) is 19.5 Å². The molecule has 10 heteroatoms. The Morgan fingerprint density at radius 2 is 1.66 bits per heavy atom. The molecule has 9 nitrogen and oxygen atoms in total. The molecule has 5 rings (SSSR count). The minimum Gasteiger partial charge on any atom is -0.506 e. The number of aromatic hydroxyl groups is 1. The first-order valence-electron chi connectivity index (χ1n) is 13.6. The molecule has 2 amide bonds. The lowest BCUT2D eigenvalue weighted by Crippen LogP contribution is -2.32. The molecule has 1 aliphatic rings. The van der Waals surface area contributed by atoms with Gasteiger partial charge in [-0.25, -0.2) is 9.78 Å². The number of fused-ring (bicyclic) bond motifs is 1. The minimum absolute atomic E-state index is 0.0445. The van der Waals surface area contributed by atoms with Crippen LogP contribution in [0.1, 0.15) is 58.1 Å². The van der Waals surface area contributed by atoms with Crippen LogP contribution in [0.4, 0.5) is 11.4 Å². The number of amides is 2. The highest BCUT2D eigenvalue weighted by atomic mass is 32.1. The molecule has 0 atom stereocenters. The average molecular weight is 575 g/mol. The van der Waals surface area contributed by atoms with Gasteiger partial charge in [0.05, 0.1) is 22.3 Å². The maximum absolute atomic E-state index is 12.1. The van der Waals surface area contributed by atoms with Crippen molar-refractivity contribution in [2.75, 3.05) is 0 Å². The van der Waals surface area contributed by atoms with Crippen LogP contribution < -0.4 is 0 Å². The lowest BCUT2D eigenvalue weighted by atomic mass is 10.1. The zero-order valence-electron chi connectivity index (χ0n) is 23.9. The highest BCUT2D eigenvalue weighted by Gasteiger charge is 2.32. The summed E-state index contributed by atoms with van der Waals surface area (Å²) in [4.78, 5) is 44.9. The summed E-state index contributed by atoms with van der Waals surface area (Å²) in [6, 6.07) is 18.4. The number of carbonyl (C=O) groups is 3. The summed E-state index contributed by atoms with van der Waals surface area (Å²) in [7, 11) is 0. The smallest absolute Gasteiger partial charge is 0.333 e. The number of phenols is 1. The molecule has 0 radical (unpaired) electrons. The van der Waals surface area contributed by atoms with E-state index in [-0.39, 0.29) is 37.1 Å². The molecule has 0 bridgehead atoms. The summed E-state index contributed by atoms with van der Waals surface area (Å²) in [5.41, 5.74) is 4.70.